The average Bonchev–Trinajstić information content (AvgIpc) is 3.48. The van der Waals surface area contributed by atoms with Gasteiger partial charge in [-0.05, 0) is 48.4 Å². The van der Waals surface area contributed by atoms with Gasteiger partial charge in [0.05, 0.1) is 18.1 Å². The third-order valence-electron chi connectivity index (χ3n) is 5.50. The summed E-state index contributed by atoms with van der Waals surface area (Å²) in [5, 5.41) is 1.40. The number of hydrogen-bond acceptors (Lipinski definition) is 6. The van der Waals surface area contributed by atoms with Crippen LogP contribution in [0.2, 0.25) is 5.02 Å². The maximum Gasteiger partial charge on any atom is 0.351 e. The molecule has 0 aliphatic rings. The Hall–Kier alpha value is -3.68. The lowest BCUT2D eigenvalue weighted by atomic mass is 10.1. The number of methoxy groups -OCH3 is 1. The molecule has 0 saturated heterocycles. The number of esters is 1. The number of carbonyl (C=O) groups excluding carboxylic acids is 1. The smallest absolute Gasteiger partial charge is 0.351 e. The largest absolute Gasteiger partial charge is 0.484 e. The molecule has 0 radical (unpaired) electrons. The molecule has 5 aromatic rings. The van der Waals surface area contributed by atoms with Crippen molar-refractivity contribution in [1.82, 2.24) is 14.5 Å². The minimum Gasteiger partial charge on any atom is -0.484 e. The van der Waals surface area contributed by atoms with Gasteiger partial charge >= 0.3 is 5.97 Å². The van der Waals surface area contributed by atoms with Crippen LogP contribution in [0.1, 0.15) is 28.3 Å². The lowest BCUT2D eigenvalue weighted by Gasteiger charge is -2.16. The number of aromatic nitrogens is 3. The van der Waals surface area contributed by atoms with Gasteiger partial charge in [-0.3, -0.25) is 9.55 Å². The van der Waals surface area contributed by atoms with E-state index in [1.165, 1.54) is 18.4 Å². The molecular formula is C26H20ClN3O3S. The van der Waals surface area contributed by atoms with Crippen LogP contribution >= 0.6 is 22.9 Å². The van der Waals surface area contributed by atoms with Crippen LogP contribution in [0.15, 0.2) is 79.4 Å². The van der Waals surface area contributed by atoms with E-state index in [9.17, 15) is 4.79 Å². The van der Waals surface area contributed by atoms with Crippen LogP contribution < -0.4 is 4.74 Å². The van der Waals surface area contributed by atoms with Crippen molar-refractivity contribution in [2.24, 2.45) is 0 Å². The molecule has 0 bridgehead atoms. The highest BCUT2D eigenvalue weighted by molar-refractivity contribution is 7.16. The van der Waals surface area contributed by atoms with Crippen LogP contribution in [0.3, 0.4) is 0 Å². The summed E-state index contributed by atoms with van der Waals surface area (Å²) >= 11 is 7.63. The number of fused-ring (bicyclic) bond motifs is 1. The molecule has 0 N–H and O–H groups in total. The Labute approximate surface area is 205 Å². The maximum atomic E-state index is 12.5. The first kappa shape index (κ1) is 22.1. The Morgan fingerprint density at radius 3 is 2.62 bits per heavy atom. The highest BCUT2D eigenvalue weighted by Crippen LogP contribution is 2.38. The summed E-state index contributed by atoms with van der Waals surface area (Å²) in [4.78, 5) is 21.6. The molecule has 170 valence electrons. The molecule has 5 rings (SSSR count). The predicted molar refractivity (Wildman–Crippen MR) is 134 cm³/mol. The van der Waals surface area contributed by atoms with E-state index in [1.807, 2.05) is 72.2 Å². The number of carbonyl (C=O) groups is 1. The third kappa shape index (κ3) is 4.16. The van der Waals surface area contributed by atoms with Crippen molar-refractivity contribution in [3.05, 3.63) is 94.8 Å². The maximum absolute atomic E-state index is 12.5. The van der Waals surface area contributed by atoms with Crippen molar-refractivity contribution in [1.29, 1.82) is 0 Å². The SMILES string of the molecule is COC(=O)c1sc(-n2cnc3cc(-c4ccncc4)ccc32)cc1O[C@H](C)c1ccccc1Cl. The zero-order chi connectivity index (χ0) is 23.7. The molecule has 8 heteroatoms. The van der Waals surface area contributed by atoms with Gasteiger partial charge in [0, 0.05) is 29.0 Å². The normalized spacial score (nSPS) is 12.0. The zero-order valence-corrected chi connectivity index (χ0v) is 20.0. The fourth-order valence-corrected chi connectivity index (χ4v) is 5.06. The molecule has 0 amide bonds. The van der Waals surface area contributed by atoms with Gasteiger partial charge in [0.1, 0.15) is 23.2 Å². The van der Waals surface area contributed by atoms with Gasteiger partial charge in [-0.2, -0.15) is 0 Å². The van der Waals surface area contributed by atoms with Crippen LogP contribution in [-0.2, 0) is 4.74 Å². The zero-order valence-electron chi connectivity index (χ0n) is 18.4. The minimum absolute atomic E-state index is 0.359. The summed E-state index contributed by atoms with van der Waals surface area (Å²) in [7, 11) is 1.36. The van der Waals surface area contributed by atoms with Crippen molar-refractivity contribution in [2.45, 2.75) is 13.0 Å². The summed E-state index contributed by atoms with van der Waals surface area (Å²) in [5.74, 6) is -0.0171. The second kappa shape index (κ2) is 9.29. The van der Waals surface area contributed by atoms with Crippen molar-refractivity contribution in [3.8, 4) is 21.9 Å². The van der Waals surface area contributed by atoms with Gasteiger partial charge in [0.25, 0.3) is 0 Å². The summed E-state index contributed by atoms with van der Waals surface area (Å²) < 4.78 is 13.1. The molecule has 3 heterocycles. The first-order valence-electron chi connectivity index (χ1n) is 10.6. The molecule has 0 fully saturated rings. The van der Waals surface area contributed by atoms with Gasteiger partial charge in [-0.15, -0.1) is 11.3 Å². The van der Waals surface area contributed by atoms with Crippen molar-refractivity contribution >= 4 is 39.9 Å². The van der Waals surface area contributed by atoms with Gasteiger partial charge in [-0.1, -0.05) is 35.9 Å². The molecule has 0 saturated carbocycles. The second-order valence-corrected chi connectivity index (χ2v) is 9.04. The molecule has 0 aliphatic heterocycles. The van der Waals surface area contributed by atoms with E-state index in [4.69, 9.17) is 21.1 Å². The van der Waals surface area contributed by atoms with E-state index in [2.05, 4.69) is 9.97 Å². The van der Waals surface area contributed by atoms with Crippen LogP contribution in [-0.4, -0.2) is 27.6 Å². The average molecular weight is 490 g/mol. The van der Waals surface area contributed by atoms with Crippen molar-refractivity contribution in [2.75, 3.05) is 7.11 Å². The Balaban J connectivity index is 1.52. The molecule has 3 aromatic heterocycles. The lowest BCUT2D eigenvalue weighted by Crippen LogP contribution is -2.07. The Kier molecular flexibility index (Phi) is 6.04. The number of hydrogen-bond donors (Lipinski definition) is 0. The van der Waals surface area contributed by atoms with Gasteiger partial charge < -0.3 is 9.47 Å². The number of nitrogens with zero attached hydrogens (tertiary/aromatic N) is 3. The Morgan fingerprint density at radius 1 is 1.06 bits per heavy atom. The van der Waals surface area contributed by atoms with E-state index < -0.39 is 5.97 Å². The van der Waals surface area contributed by atoms with E-state index in [0.29, 0.717) is 15.6 Å². The fourth-order valence-electron chi connectivity index (χ4n) is 3.77. The molecule has 1 atom stereocenters. The van der Waals surface area contributed by atoms with E-state index in [0.717, 1.165) is 32.7 Å². The molecule has 0 unspecified atom stereocenters. The predicted octanol–water partition coefficient (Wildman–Crippen LogP) is 6.73. The minimum atomic E-state index is -0.456. The van der Waals surface area contributed by atoms with E-state index >= 15 is 0 Å². The van der Waals surface area contributed by atoms with Crippen LogP contribution in [0, 0.1) is 0 Å². The quantitative estimate of drug-likeness (QED) is 0.247. The number of halogens is 1. The topological polar surface area (TPSA) is 66.2 Å². The van der Waals surface area contributed by atoms with Crippen LogP contribution in [0.4, 0.5) is 0 Å². The molecule has 6 nitrogen and oxygen atoms in total. The first-order valence-corrected chi connectivity index (χ1v) is 11.8. The highest BCUT2D eigenvalue weighted by atomic mass is 35.5. The van der Waals surface area contributed by atoms with Crippen LogP contribution in [0.25, 0.3) is 27.2 Å². The number of rotatable bonds is 6. The van der Waals surface area contributed by atoms with Gasteiger partial charge in [-0.25, -0.2) is 9.78 Å². The van der Waals surface area contributed by atoms with Gasteiger partial charge in [0.15, 0.2) is 4.88 Å². The lowest BCUT2D eigenvalue weighted by molar-refractivity contribution is 0.0600. The Bertz CT molecular complexity index is 1480. The third-order valence-corrected chi connectivity index (χ3v) is 6.94. The molecule has 0 spiro atoms. The van der Waals surface area contributed by atoms with Crippen molar-refractivity contribution < 1.29 is 14.3 Å². The number of imidazole rings is 1. The monoisotopic (exact) mass is 489 g/mol. The molecular weight excluding hydrogens is 470 g/mol. The van der Waals surface area contributed by atoms with Crippen LogP contribution in [0.5, 0.6) is 5.75 Å². The summed E-state index contributed by atoms with van der Waals surface area (Å²) in [6.45, 7) is 1.90. The first-order chi connectivity index (χ1) is 16.5. The number of pyridine rings is 1. The van der Waals surface area contributed by atoms with Gasteiger partial charge in [0.2, 0.25) is 0 Å². The summed E-state index contributed by atoms with van der Waals surface area (Å²) in [6.07, 6.45) is 4.92. The van der Waals surface area contributed by atoms with E-state index in [-0.39, 0.29) is 6.10 Å². The number of ether oxygens (including phenoxy) is 2. The van der Waals surface area contributed by atoms with Crippen molar-refractivity contribution in [3.63, 3.8) is 0 Å². The molecule has 34 heavy (non-hydrogen) atoms. The standard InChI is InChI=1S/C26H20ClN3O3S/c1-16(19-5-3-4-6-20(19)27)33-23-14-24(34-25(23)26(31)32-2)30-15-29-21-13-18(7-8-22(21)30)17-9-11-28-12-10-17/h3-16H,1-2H3/t16-/m1/s1. The highest BCUT2D eigenvalue weighted by Gasteiger charge is 2.23. The fraction of sp³-hybridized carbons (Fsp3) is 0.115. The number of benzene rings is 2. The summed E-state index contributed by atoms with van der Waals surface area (Å²) in [6, 6.07) is 19.3. The molecule has 0 aliphatic carbocycles. The summed E-state index contributed by atoms with van der Waals surface area (Å²) in [5.41, 5.74) is 4.72. The second-order valence-electron chi connectivity index (χ2n) is 7.61. The number of thiophene rings is 1. The van der Waals surface area contributed by atoms with E-state index in [1.54, 1.807) is 18.7 Å². The molecule has 2 aromatic carbocycles. The Morgan fingerprint density at radius 2 is 1.85 bits per heavy atom.